The highest BCUT2D eigenvalue weighted by molar-refractivity contribution is 6.93. The van der Waals surface area contributed by atoms with E-state index in [-0.39, 0.29) is 13.4 Å². The SMILES string of the molecule is C#CB(c1c(C)cc(C)cc1C)c1c(C)cc(C)cc1C.C#CB(c1c(C)cc(C)cc1C)c1c(C)cc(C)cc1C. The average Bonchev–Trinajstić information content (AvgIpc) is 2.84. The van der Waals surface area contributed by atoms with E-state index in [2.05, 4.69) is 143 Å². The van der Waals surface area contributed by atoms with Crippen LogP contribution < -0.4 is 21.9 Å². The fourth-order valence-electron chi connectivity index (χ4n) is 7.21. The molecule has 42 heavy (non-hydrogen) atoms. The molecule has 0 N–H and O–H groups in total. The summed E-state index contributed by atoms with van der Waals surface area (Å²) < 4.78 is 0. The van der Waals surface area contributed by atoms with Gasteiger partial charge in [0.05, 0.1) is 0 Å². The molecule has 4 aromatic rings. The average molecular weight is 548 g/mol. The second-order valence-corrected chi connectivity index (χ2v) is 12.4. The van der Waals surface area contributed by atoms with Gasteiger partial charge >= 0.3 is 0 Å². The molecule has 0 fully saturated rings. The van der Waals surface area contributed by atoms with Gasteiger partial charge in [-0.25, -0.2) is 0 Å². The number of aryl methyl sites for hydroxylation is 12. The molecule has 4 rings (SSSR count). The van der Waals surface area contributed by atoms with Gasteiger partial charge in [-0.1, -0.05) is 137 Å². The molecule has 0 aliphatic heterocycles. The highest BCUT2D eigenvalue weighted by Crippen LogP contribution is 2.13. The van der Waals surface area contributed by atoms with Gasteiger partial charge in [0.15, 0.2) is 0 Å². The van der Waals surface area contributed by atoms with Crippen molar-refractivity contribution in [2.24, 2.45) is 0 Å². The van der Waals surface area contributed by atoms with Crippen molar-refractivity contribution >= 4 is 35.3 Å². The normalized spacial score (nSPS) is 10.3. The van der Waals surface area contributed by atoms with E-state index in [1.54, 1.807) is 0 Å². The summed E-state index contributed by atoms with van der Waals surface area (Å²) in [6.45, 7) is 25.9. The Morgan fingerprint density at radius 2 is 0.476 bits per heavy atom. The largest absolute Gasteiger partial charge is 0.296 e. The molecule has 0 amide bonds. The Bertz CT molecular complexity index is 1390. The number of benzene rings is 4. The van der Waals surface area contributed by atoms with Crippen molar-refractivity contribution in [1.82, 2.24) is 0 Å². The van der Waals surface area contributed by atoms with Crippen molar-refractivity contribution in [1.29, 1.82) is 0 Å². The van der Waals surface area contributed by atoms with Gasteiger partial charge in [-0.05, 0) is 83.1 Å². The lowest BCUT2D eigenvalue weighted by molar-refractivity contribution is 1.34. The van der Waals surface area contributed by atoms with Gasteiger partial charge in [0.25, 0.3) is 13.4 Å². The van der Waals surface area contributed by atoms with E-state index in [0.717, 1.165) is 0 Å². The lowest BCUT2D eigenvalue weighted by Crippen LogP contribution is -2.46. The molecular weight excluding hydrogens is 502 g/mol. The minimum absolute atomic E-state index is 0.0335. The van der Waals surface area contributed by atoms with Crippen LogP contribution in [0.25, 0.3) is 0 Å². The molecule has 0 spiro atoms. The third-order valence-corrected chi connectivity index (χ3v) is 8.44. The molecule has 212 valence electrons. The molecule has 0 aliphatic carbocycles. The molecule has 0 saturated carbocycles. The first-order valence-corrected chi connectivity index (χ1v) is 14.9. The number of hydrogen-bond acceptors (Lipinski definition) is 0. The van der Waals surface area contributed by atoms with E-state index < -0.39 is 0 Å². The Kier molecular flexibility index (Phi) is 10.4. The molecule has 0 radical (unpaired) electrons. The minimum atomic E-state index is 0.0335. The number of terminal acetylenes is 2. The van der Waals surface area contributed by atoms with Crippen LogP contribution in [0, 0.1) is 108 Å². The molecule has 2 heteroatoms. The summed E-state index contributed by atoms with van der Waals surface area (Å²) in [5.41, 5.74) is 20.6. The molecular formula is C40H46B2. The first kappa shape index (κ1) is 32.6. The van der Waals surface area contributed by atoms with E-state index in [9.17, 15) is 0 Å². The van der Waals surface area contributed by atoms with Crippen molar-refractivity contribution in [2.75, 3.05) is 0 Å². The minimum Gasteiger partial charge on any atom is -0.146 e. The maximum atomic E-state index is 5.94. The van der Waals surface area contributed by atoms with Crippen LogP contribution in [0.15, 0.2) is 48.5 Å². The number of rotatable bonds is 4. The summed E-state index contributed by atoms with van der Waals surface area (Å²) in [6.07, 6.45) is 11.9. The first-order chi connectivity index (χ1) is 19.7. The van der Waals surface area contributed by atoms with Crippen LogP contribution in [0.1, 0.15) is 66.8 Å². The van der Waals surface area contributed by atoms with Gasteiger partial charge in [0.1, 0.15) is 0 Å². The van der Waals surface area contributed by atoms with Gasteiger partial charge in [-0.3, -0.25) is 0 Å². The molecule has 4 aromatic carbocycles. The zero-order chi connectivity index (χ0) is 31.5. The van der Waals surface area contributed by atoms with Gasteiger partial charge in [-0.2, -0.15) is 0 Å². The smallest absolute Gasteiger partial charge is 0.146 e. The van der Waals surface area contributed by atoms with Crippen molar-refractivity contribution in [2.45, 2.75) is 83.1 Å². The topological polar surface area (TPSA) is 0 Å². The summed E-state index contributed by atoms with van der Waals surface area (Å²) >= 11 is 0. The Labute approximate surface area is 257 Å². The Balaban J connectivity index is 0.000000230. The number of hydrogen-bond donors (Lipinski definition) is 0. The van der Waals surface area contributed by atoms with Crippen molar-refractivity contribution in [3.8, 4) is 24.5 Å². The van der Waals surface area contributed by atoms with Crippen LogP contribution in [0.2, 0.25) is 0 Å². The fourth-order valence-corrected chi connectivity index (χ4v) is 7.21. The lowest BCUT2D eigenvalue weighted by Gasteiger charge is -2.20. The van der Waals surface area contributed by atoms with E-state index >= 15 is 0 Å². The van der Waals surface area contributed by atoms with E-state index in [1.165, 1.54) is 88.6 Å². The second kappa shape index (κ2) is 13.4. The maximum Gasteiger partial charge on any atom is 0.296 e. The third-order valence-electron chi connectivity index (χ3n) is 8.44. The Hall–Kier alpha value is -3.87. The van der Waals surface area contributed by atoms with Crippen molar-refractivity contribution in [3.05, 3.63) is 115 Å². The first-order valence-electron chi connectivity index (χ1n) is 14.9. The molecule has 0 bridgehead atoms. The van der Waals surface area contributed by atoms with E-state index in [1.807, 2.05) is 0 Å². The molecule has 0 aliphatic rings. The molecule has 0 aromatic heterocycles. The zero-order valence-corrected chi connectivity index (χ0v) is 27.9. The van der Waals surface area contributed by atoms with Crippen molar-refractivity contribution in [3.63, 3.8) is 0 Å². The van der Waals surface area contributed by atoms with E-state index in [0.29, 0.717) is 0 Å². The van der Waals surface area contributed by atoms with Crippen LogP contribution in [0.3, 0.4) is 0 Å². The van der Waals surface area contributed by atoms with E-state index in [4.69, 9.17) is 12.8 Å². The Morgan fingerprint density at radius 3 is 0.595 bits per heavy atom. The highest BCUT2D eigenvalue weighted by Gasteiger charge is 2.26. The fraction of sp³-hybridized carbons (Fsp3) is 0.300. The van der Waals surface area contributed by atoms with Gasteiger partial charge in [0, 0.05) is 0 Å². The highest BCUT2D eigenvalue weighted by atomic mass is 14.1. The monoisotopic (exact) mass is 548 g/mol. The Morgan fingerprint density at radius 1 is 0.333 bits per heavy atom. The van der Waals surface area contributed by atoms with Crippen LogP contribution >= 0.6 is 0 Å². The summed E-state index contributed by atoms with van der Waals surface area (Å²) in [7, 11) is 0. The van der Waals surface area contributed by atoms with Crippen LogP contribution in [-0.2, 0) is 0 Å². The maximum absolute atomic E-state index is 5.94. The molecule has 0 nitrogen and oxygen atoms in total. The van der Waals surface area contributed by atoms with Crippen LogP contribution in [0.5, 0.6) is 0 Å². The molecule has 0 unspecified atom stereocenters. The standard InChI is InChI=1S/2C20H23B/c2*1-8-21(19-15(4)9-13(2)10-16(19)5)20-17(6)11-14(3)12-18(20)7/h2*1,9-12H,2-7H3. The zero-order valence-electron chi connectivity index (χ0n) is 27.9. The van der Waals surface area contributed by atoms with Gasteiger partial charge in [-0.15, -0.1) is 24.5 Å². The van der Waals surface area contributed by atoms with Crippen LogP contribution in [-0.4, -0.2) is 13.4 Å². The quantitative estimate of drug-likeness (QED) is 0.198. The van der Waals surface area contributed by atoms with Crippen LogP contribution in [0.4, 0.5) is 0 Å². The van der Waals surface area contributed by atoms with Gasteiger partial charge in [0.2, 0.25) is 0 Å². The van der Waals surface area contributed by atoms with Crippen molar-refractivity contribution < 1.29 is 0 Å². The second-order valence-electron chi connectivity index (χ2n) is 12.4. The summed E-state index contributed by atoms with van der Waals surface area (Å²) in [6, 6.07) is 17.8. The van der Waals surface area contributed by atoms with Gasteiger partial charge < -0.3 is 0 Å². The summed E-state index contributed by atoms with van der Waals surface area (Å²) in [5, 5.41) is 0. The molecule has 0 heterocycles. The summed E-state index contributed by atoms with van der Waals surface area (Å²) in [4.78, 5) is 0. The third kappa shape index (κ3) is 6.94. The lowest BCUT2D eigenvalue weighted by atomic mass is 9.38. The molecule has 0 saturated heterocycles. The predicted molar refractivity (Wildman–Crippen MR) is 190 cm³/mol. The molecule has 0 atom stereocenters. The summed E-state index contributed by atoms with van der Waals surface area (Å²) in [5.74, 6) is 6.07. The predicted octanol–water partition coefficient (Wildman–Crippen LogP) is 6.64.